The third-order valence-corrected chi connectivity index (χ3v) is 3.48. The molecule has 1 aromatic heterocycles. The van der Waals surface area contributed by atoms with Gasteiger partial charge in [-0.05, 0) is 31.2 Å². The number of aromatic nitrogens is 1. The van der Waals surface area contributed by atoms with Gasteiger partial charge >= 0.3 is 0 Å². The number of benzene rings is 1. The quantitative estimate of drug-likeness (QED) is 0.385. The molecule has 0 aliphatic heterocycles. The predicted molar refractivity (Wildman–Crippen MR) is 72.0 cm³/mol. The average Bonchev–Trinajstić information content (AvgIpc) is 2.41. The summed E-state index contributed by atoms with van der Waals surface area (Å²) in [6.45, 7) is 1.97. The van der Waals surface area contributed by atoms with Crippen LogP contribution >= 0.6 is 11.8 Å². The summed E-state index contributed by atoms with van der Waals surface area (Å²) < 4.78 is 0. The first-order valence-electron chi connectivity index (χ1n) is 5.37. The van der Waals surface area contributed by atoms with Crippen molar-refractivity contribution in [3.63, 3.8) is 0 Å². The maximum atomic E-state index is 8.81. The molecule has 2 aromatic rings. The Balaban J connectivity index is 2.39. The van der Waals surface area contributed by atoms with Gasteiger partial charge in [0.2, 0.25) is 0 Å². The van der Waals surface area contributed by atoms with Crippen LogP contribution in [0.5, 0.6) is 0 Å². The summed E-state index contributed by atoms with van der Waals surface area (Å²) in [7, 11) is 0. The minimum atomic E-state index is 0.121. The second-order valence-electron chi connectivity index (χ2n) is 3.77. The summed E-state index contributed by atoms with van der Waals surface area (Å²) in [6, 6.07) is 9.70. The number of amidine groups is 1. The van der Waals surface area contributed by atoms with E-state index in [0.717, 1.165) is 20.9 Å². The summed E-state index contributed by atoms with van der Waals surface area (Å²) in [4.78, 5) is 5.98. The van der Waals surface area contributed by atoms with Gasteiger partial charge in [-0.2, -0.15) is 0 Å². The minimum absolute atomic E-state index is 0.121. The lowest BCUT2D eigenvalue weighted by molar-refractivity contribution is 0.318. The Kier molecular flexibility index (Phi) is 3.84. The number of aryl methyl sites for hydroxylation is 1. The number of nitrogens with two attached hydrogens (primary N) is 1. The van der Waals surface area contributed by atoms with Crippen LogP contribution in [0.15, 0.2) is 57.7 Å². The fourth-order valence-electron chi connectivity index (χ4n) is 1.52. The van der Waals surface area contributed by atoms with Gasteiger partial charge in [0.15, 0.2) is 5.84 Å². The molecule has 1 aromatic carbocycles. The molecule has 0 fully saturated rings. The molecule has 3 N–H and O–H groups in total. The first kappa shape index (κ1) is 12.4. The zero-order valence-corrected chi connectivity index (χ0v) is 10.7. The average molecular weight is 259 g/mol. The lowest BCUT2D eigenvalue weighted by atomic mass is 10.1. The molecule has 0 atom stereocenters. The van der Waals surface area contributed by atoms with Gasteiger partial charge in [0, 0.05) is 27.7 Å². The van der Waals surface area contributed by atoms with Crippen molar-refractivity contribution in [1.82, 2.24) is 4.98 Å². The van der Waals surface area contributed by atoms with Crippen molar-refractivity contribution in [3.05, 3.63) is 53.9 Å². The van der Waals surface area contributed by atoms with Crippen LogP contribution in [0.3, 0.4) is 0 Å². The smallest absolute Gasteiger partial charge is 0.171 e. The first-order chi connectivity index (χ1) is 8.70. The first-order valence-corrected chi connectivity index (χ1v) is 6.19. The zero-order chi connectivity index (χ0) is 13.0. The van der Waals surface area contributed by atoms with Crippen LogP contribution in [0, 0.1) is 6.92 Å². The number of pyridine rings is 1. The summed E-state index contributed by atoms with van der Waals surface area (Å²) in [5.74, 6) is 0.121. The standard InChI is InChI=1S/C13H13N3OS/c1-9-2-3-12(11(8-9)13(14)16-17)18-10-4-6-15-7-5-10/h2-8,17H,1H3,(H2,14,16). The van der Waals surface area contributed by atoms with E-state index in [9.17, 15) is 0 Å². The van der Waals surface area contributed by atoms with Crippen molar-refractivity contribution in [2.24, 2.45) is 10.9 Å². The number of oxime groups is 1. The number of rotatable bonds is 3. The van der Waals surface area contributed by atoms with Gasteiger partial charge in [-0.15, -0.1) is 0 Å². The van der Waals surface area contributed by atoms with Gasteiger partial charge in [0.25, 0.3) is 0 Å². The lowest BCUT2D eigenvalue weighted by Crippen LogP contribution is -2.14. The SMILES string of the molecule is Cc1ccc(Sc2ccncc2)c(/C(N)=N/O)c1. The highest BCUT2D eigenvalue weighted by molar-refractivity contribution is 7.99. The second kappa shape index (κ2) is 5.55. The molecule has 0 spiro atoms. The zero-order valence-electron chi connectivity index (χ0n) is 9.87. The van der Waals surface area contributed by atoms with Gasteiger partial charge in [-0.3, -0.25) is 4.98 Å². The van der Waals surface area contributed by atoms with Crippen LogP contribution in [0.2, 0.25) is 0 Å². The Morgan fingerprint density at radius 2 is 2.00 bits per heavy atom. The molecule has 92 valence electrons. The van der Waals surface area contributed by atoms with Gasteiger partial charge in [-0.25, -0.2) is 0 Å². The van der Waals surface area contributed by atoms with E-state index in [2.05, 4.69) is 10.1 Å². The Labute approximate surface area is 110 Å². The van der Waals surface area contributed by atoms with E-state index in [-0.39, 0.29) is 5.84 Å². The fourth-order valence-corrected chi connectivity index (χ4v) is 2.44. The van der Waals surface area contributed by atoms with Crippen LogP contribution in [0.1, 0.15) is 11.1 Å². The molecule has 0 radical (unpaired) electrons. The monoisotopic (exact) mass is 259 g/mol. The van der Waals surface area contributed by atoms with Crippen molar-refractivity contribution < 1.29 is 5.21 Å². The third kappa shape index (κ3) is 2.81. The number of hydrogen-bond acceptors (Lipinski definition) is 4. The molecule has 0 aliphatic rings. The van der Waals surface area contributed by atoms with E-state index in [1.54, 1.807) is 24.2 Å². The molecule has 0 aliphatic carbocycles. The maximum absolute atomic E-state index is 8.81. The van der Waals surface area contributed by atoms with E-state index in [0.29, 0.717) is 0 Å². The fraction of sp³-hybridized carbons (Fsp3) is 0.0769. The lowest BCUT2D eigenvalue weighted by Gasteiger charge is -2.08. The maximum Gasteiger partial charge on any atom is 0.171 e. The largest absolute Gasteiger partial charge is 0.409 e. The molecule has 18 heavy (non-hydrogen) atoms. The number of hydrogen-bond donors (Lipinski definition) is 2. The van der Waals surface area contributed by atoms with E-state index < -0.39 is 0 Å². The second-order valence-corrected chi connectivity index (χ2v) is 4.89. The van der Waals surface area contributed by atoms with E-state index in [1.165, 1.54) is 0 Å². The van der Waals surface area contributed by atoms with Crippen molar-refractivity contribution >= 4 is 17.6 Å². The van der Waals surface area contributed by atoms with Crippen molar-refractivity contribution in [1.29, 1.82) is 0 Å². The minimum Gasteiger partial charge on any atom is -0.409 e. The molecule has 0 saturated carbocycles. The summed E-state index contributed by atoms with van der Waals surface area (Å²) in [6.07, 6.45) is 3.47. The molecule has 0 unspecified atom stereocenters. The van der Waals surface area contributed by atoms with Gasteiger partial charge in [0.1, 0.15) is 0 Å². The Hall–Kier alpha value is -2.01. The van der Waals surface area contributed by atoms with Crippen molar-refractivity contribution in [2.45, 2.75) is 16.7 Å². The highest BCUT2D eigenvalue weighted by atomic mass is 32.2. The van der Waals surface area contributed by atoms with Crippen molar-refractivity contribution in [2.75, 3.05) is 0 Å². The molecule has 4 nitrogen and oxygen atoms in total. The normalized spacial score (nSPS) is 11.5. The van der Waals surface area contributed by atoms with Crippen LogP contribution in [-0.4, -0.2) is 16.0 Å². The third-order valence-electron chi connectivity index (χ3n) is 2.40. The van der Waals surface area contributed by atoms with E-state index in [1.807, 2.05) is 37.3 Å². The Bertz CT molecular complexity index is 570. The summed E-state index contributed by atoms with van der Waals surface area (Å²) in [5, 5.41) is 11.9. The molecular formula is C13H13N3OS. The molecular weight excluding hydrogens is 246 g/mol. The number of nitrogens with zero attached hydrogens (tertiary/aromatic N) is 2. The van der Waals surface area contributed by atoms with Crippen molar-refractivity contribution in [3.8, 4) is 0 Å². The summed E-state index contributed by atoms with van der Waals surface area (Å²) >= 11 is 1.55. The molecule has 2 rings (SSSR count). The van der Waals surface area contributed by atoms with Crippen LogP contribution in [0.4, 0.5) is 0 Å². The molecule has 5 heteroatoms. The Morgan fingerprint density at radius 3 is 2.67 bits per heavy atom. The predicted octanol–water partition coefficient (Wildman–Crippen LogP) is 2.64. The van der Waals surface area contributed by atoms with Crippen LogP contribution in [-0.2, 0) is 0 Å². The molecule has 0 bridgehead atoms. The van der Waals surface area contributed by atoms with Gasteiger partial charge in [-0.1, -0.05) is 28.5 Å². The van der Waals surface area contributed by atoms with Gasteiger partial charge < -0.3 is 10.9 Å². The summed E-state index contributed by atoms with van der Waals surface area (Å²) in [5.41, 5.74) is 7.49. The molecule has 0 saturated heterocycles. The van der Waals surface area contributed by atoms with E-state index >= 15 is 0 Å². The molecule has 1 heterocycles. The van der Waals surface area contributed by atoms with Gasteiger partial charge in [0.05, 0.1) is 0 Å². The topological polar surface area (TPSA) is 71.5 Å². The van der Waals surface area contributed by atoms with E-state index in [4.69, 9.17) is 10.9 Å². The highest BCUT2D eigenvalue weighted by Crippen LogP contribution is 2.30. The van der Waals surface area contributed by atoms with Crippen LogP contribution < -0.4 is 5.73 Å². The highest BCUT2D eigenvalue weighted by Gasteiger charge is 2.08. The Morgan fingerprint density at radius 1 is 1.28 bits per heavy atom. The van der Waals surface area contributed by atoms with Crippen LogP contribution in [0.25, 0.3) is 0 Å². The molecule has 0 amide bonds.